The molecule has 2 N–H and O–H groups in total. The lowest BCUT2D eigenvalue weighted by Crippen LogP contribution is -2.33. The van der Waals surface area contributed by atoms with Crippen LogP contribution in [-0.4, -0.2) is 27.9 Å². The molecule has 0 aromatic heterocycles. The van der Waals surface area contributed by atoms with Gasteiger partial charge in [0.25, 0.3) is 0 Å². The number of alkyl halides is 1. The molecule has 0 saturated carbocycles. The van der Waals surface area contributed by atoms with Crippen LogP contribution in [0, 0.1) is 0 Å². The maximum Gasteiger partial charge on any atom is 0.314 e. The normalized spacial score (nSPS) is 26.8. The van der Waals surface area contributed by atoms with E-state index in [4.69, 9.17) is 5.73 Å². The van der Waals surface area contributed by atoms with E-state index in [2.05, 4.69) is 22.6 Å². The molecule has 0 aromatic rings. The minimum atomic E-state index is -0.283. The largest absolute Gasteiger partial charge is 0.351 e. The van der Waals surface area contributed by atoms with Gasteiger partial charge in [0.15, 0.2) is 0 Å². The lowest BCUT2D eigenvalue weighted by molar-refractivity contribution is 0.219. The van der Waals surface area contributed by atoms with Crippen molar-refractivity contribution < 1.29 is 4.79 Å². The van der Waals surface area contributed by atoms with Crippen molar-refractivity contribution in [3.63, 3.8) is 0 Å². The molecule has 1 aliphatic rings. The number of carbonyl (C=O) groups is 1. The van der Waals surface area contributed by atoms with Crippen molar-refractivity contribution in [2.45, 2.75) is 10.3 Å². The molecule has 1 aliphatic heterocycles. The zero-order chi connectivity index (χ0) is 6.85. The van der Waals surface area contributed by atoms with Crippen molar-refractivity contribution in [3.8, 4) is 0 Å². The van der Waals surface area contributed by atoms with E-state index in [0.717, 1.165) is 19.5 Å². The Morgan fingerprint density at radius 3 is 2.67 bits per heavy atom. The van der Waals surface area contributed by atoms with Gasteiger partial charge in [0, 0.05) is 17.0 Å². The molecule has 1 fully saturated rings. The SMILES string of the molecule is NC(=O)N1CC[C@H](I)C1. The van der Waals surface area contributed by atoms with Crippen LogP contribution in [0.5, 0.6) is 0 Å². The van der Waals surface area contributed by atoms with Gasteiger partial charge in [-0.25, -0.2) is 4.79 Å². The van der Waals surface area contributed by atoms with Crippen LogP contribution in [0.15, 0.2) is 0 Å². The van der Waals surface area contributed by atoms with E-state index in [1.54, 1.807) is 4.90 Å². The zero-order valence-electron chi connectivity index (χ0n) is 5.01. The first-order valence-corrected chi connectivity index (χ1v) is 4.13. The molecule has 0 aliphatic carbocycles. The Morgan fingerprint density at radius 2 is 2.44 bits per heavy atom. The molecule has 1 rings (SSSR count). The molecule has 3 nitrogen and oxygen atoms in total. The molecule has 9 heavy (non-hydrogen) atoms. The summed E-state index contributed by atoms with van der Waals surface area (Å²) in [6, 6.07) is -0.283. The number of carbonyl (C=O) groups excluding carboxylic acids is 1. The topological polar surface area (TPSA) is 46.3 Å². The second-order valence-corrected chi connectivity index (χ2v) is 3.93. The standard InChI is InChI=1S/C5H9IN2O/c6-4-1-2-8(3-4)5(7)9/h4H,1-3H2,(H2,7,9)/t4-/m0/s1. The highest BCUT2D eigenvalue weighted by atomic mass is 127. The van der Waals surface area contributed by atoms with Crippen molar-refractivity contribution >= 4 is 28.6 Å². The summed E-state index contributed by atoms with van der Waals surface area (Å²) < 4.78 is 0.607. The van der Waals surface area contributed by atoms with Gasteiger partial charge in [-0.15, -0.1) is 0 Å². The molecule has 1 atom stereocenters. The number of nitrogens with two attached hydrogens (primary N) is 1. The number of hydrogen-bond acceptors (Lipinski definition) is 1. The lowest BCUT2D eigenvalue weighted by atomic mass is 10.4. The number of urea groups is 1. The Morgan fingerprint density at radius 1 is 1.78 bits per heavy atom. The van der Waals surface area contributed by atoms with E-state index in [9.17, 15) is 4.79 Å². The van der Waals surface area contributed by atoms with Crippen molar-refractivity contribution in [1.29, 1.82) is 0 Å². The molecule has 0 unspecified atom stereocenters. The molecule has 0 bridgehead atoms. The quantitative estimate of drug-likeness (QED) is 0.488. The molecule has 1 saturated heterocycles. The highest BCUT2D eigenvalue weighted by molar-refractivity contribution is 14.1. The summed E-state index contributed by atoms with van der Waals surface area (Å²) >= 11 is 2.33. The van der Waals surface area contributed by atoms with Crippen LogP contribution in [0.3, 0.4) is 0 Å². The summed E-state index contributed by atoms with van der Waals surface area (Å²) in [6.45, 7) is 1.67. The summed E-state index contributed by atoms with van der Waals surface area (Å²) in [4.78, 5) is 12.2. The first kappa shape index (κ1) is 7.11. The van der Waals surface area contributed by atoms with Gasteiger partial charge in [-0.3, -0.25) is 0 Å². The van der Waals surface area contributed by atoms with Crippen LogP contribution in [0.2, 0.25) is 0 Å². The maximum atomic E-state index is 10.5. The Balaban J connectivity index is 2.39. The minimum absolute atomic E-state index is 0.283. The van der Waals surface area contributed by atoms with Crippen LogP contribution in [0.25, 0.3) is 0 Å². The van der Waals surface area contributed by atoms with Gasteiger partial charge in [0.1, 0.15) is 0 Å². The van der Waals surface area contributed by atoms with E-state index in [0.29, 0.717) is 3.92 Å². The Kier molecular flexibility index (Phi) is 2.15. The summed E-state index contributed by atoms with van der Waals surface area (Å²) in [5.74, 6) is 0. The van der Waals surface area contributed by atoms with E-state index in [1.165, 1.54) is 0 Å². The van der Waals surface area contributed by atoms with Gasteiger partial charge < -0.3 is 10.6 Å². The fraction of sp³-hybridized carbons (Fsp3) is 0.800. The number of primary amides is 1. The maximum absolute atomic E-state index is 10.5. The third-order valence-electron chi connectivity index (χ3n) is 1.44. The highest BCUT2D eigenvalue weighted by Gasteiger charge is 2.21. The highest BCUT2D eigenvalue weighted by Crippen LogP contribution is 2.15. The second kappa shape index (κ2) is 2.72. The third kappa shape index (κ3) is 1.70. The first-order valence-electron chi connectivity index (χ1n) is 2.88. The lowest BCUT2D eigenvalue weighted by Gasteiger charge is -2.10. The van der Waals surface area contributed by atoms with Gasteiger partial charge in [0.2, 0.25) is 0 Å². The fourth-order valence-electron chi connectivity index (χ4n) is 0.918. The number of nitrogens with zero attached hydrogens (tertiary/aromatic N) is 1. The summed E-state index contributed by atoms with van der Waals surface area (Å²) in [5, 5.41) is 0. The molecule has 1 heterocycles. The number of rotatable bonds is 0. The predicted octanol–water partition coefficient (Wildman–Crippen LogP) is 0.574. The number of likely N-dealkylation sites (tertiary alicyclic amines) is 1. The monoisotopic (exact) mass is 240 g/mol. The smallest absolute Gasteiger partial charge is 0.314 e. The average molecular weight is 240 g/mol. The van der Waals surface area contributed by atoms with Gasteiger partial charge in [0.05, 0.1) is 0 Å². The molecule has 0 aromatic carbocycles. The average Bonchev–Trinajstić information content (AvgIpc) is 2.14. The van der Waals surface area contributed by atoms with E-state index < -0.39 is 0 Å². The van der Waals surface area contributed by atoms with Gasteiger partial charge in [-0.2, -0.15) is 0 Å². The van der Waals surface area contributed by atoms with Crippen LogP contribution in [0.4, 0.5) is 4.79 Å². The van der Waals surface area contributed by atoms with E-state index >= 15 is 0 Å². The van der Waals surface area contributed by atoms with Crippen molar-refractivity contribution in [1.82, 2.24) is 4.90 Å². The van der Waals surface area contributed by atoms with Crippen LogP contribution in [0.1, 0.15) is 6.42 Å². The van der Waals surface area contributed by atoms with E-state index in [-0.39, 0.29) is 6.03 Å². The third-order valence-corrected chi connectivity index (χ3v) is 2.46. The molecule has 52 valence electrons. The summed E-state index contributed by atoms with van der Waals surface area (Å²) in [5.41, 5.74) is 5.04. The molecular weight excluding hydrogens is 231 g/mol. The van der Waals surface area contributed by atoms with Crippen LogP contribution < -0.4 is 5.73 Å². The van der Waals surface area contributed by atoms with Gasteiger partial charge in [-0.1, -0.05) is 22.6 Å². The zero-order valence-corrected chi connectivity index (χ0v) is 7.17. The molecule has 0 radical (unpaired) electrons. The molecule has 0 spiro atoms. The fourth-order valence-corrected chi connectivity index (χ4v) is 1.67. The summed E-state index contributed by atoms with van der Waals surface area (Å²) in [7, 11) is 0. The second-order valence-electron chi connectivity index (χ2n) is 2.17. The van der Waals surface area contributed by atoms with Crippen LogP contribution in [-0.2, 0) is 0 Å². The number of halogens is 1. The Labute approximate surface area is 67.7 Å². The minimum Gasteiger partial charge on any atom is -0.351 e. The van der Waals surface area contributed by atoms with Gasteiger partial charge >= 0.3 is 6.03 Å². The van der Waals surface area contributed by atoms with Gasteiger partial charge in [-0.05, 0) is 6.42 Å². The molecule has 2 amide bonds. The van der Waals surface area contributed by atoms with E-state index in [1.807, 2.05) is 0 Å². The molecule has 4 heteroatoms. The Hall–Kier alpha value is 0. The van der Waals surface area contributed by atoms with Crippen LogP contribution >= 0.6 is 22.6 Å². The van der Waals surface area contributed by atoms with Crippen molar-refractivity contribution in [2.75, 3.05) is 13.1 Å². The van der Waals surface area contributed by atoms with Crippen molar-refractivity contribution in [3.05, 3.63) is 0 Å². The van der Waals surface area contributed by atoms with Crippen molar-refractivity contribution in [2.24, 2.45) is 5.73 Å². The number of hydrogen-bond donors (Lipinski definition) is 1. The first-order chi connectivity index (χ1) is 4.20. The number of amides is 2. The molecular formula is C5H9IN2O. The predicted molar refractivity (Wildman–Crippen MR) is 43.6 cm³/mol. The Bertz CT molecular complexity index is 128. The summed E-state index contributed by atoms with van der Waals surface area (Å²) in [6.07, 6.45) is 1.09.